The van der Waals surface area contributed by atoms with Crippen LogP contribution in [0.25, 0.3) is 0 Å². The number of carbonyl (C=O) groups is 2. The van der Waals surface area contributed by atoms with Gasteiger partial charge in [-0.05, 0) is 54.0 Å². The Hall–Kier alpha value is -3.49. The number of nitrogens with zero attached hydrogens (tertiary/aromatic N) is 2. The smallest absolute Gasteiger partial charge is 0.243 e. The average molecular weight is 576 g/mol. The molecule has 3 aromatic rings. The van der Waals surface area contributed by atoms with Gasteiger partial charge in [0.1, 0.15) is 6.04 Å². The van der Waals surface area contributed by atoms with Crippen LogP contribution in [0.2, 0.25) is 0 Å². The van der Waals surface area contributed by atoms with Crippen LogP contribution in [0.15, 0.2) is 89.8 Å². The molecule has 0 spiro atoms. The third-order valence-corrected chi connectivity index (χ3v) is 9.32. The van der Waals surface area contributed by atoms with Crippen LogP contribution < -0.4 is 5.32 Å². The summed E-state index contributed by atoms with van der Waals surface area (Å²) in [5, 5.41) is 3.05. The number of aryl methyl sites for hydroxylation is 1. The molecule has 1 fully saturated rings. The third-order valence-electron chi connectivity index (χ3n) is 7.41. The van der Waals surface area contributed by atoms with Crippen molar-refractivity contribution in [3.63, 3.8) is 0 Å². The Morgan fingerprint density at radius 1 is 0.829 bits per heavy atom. The second-order valence-electron chi connectivity index (χ2n) is 11.1. The first kappa shape index (κ1) is 30.5. The second-order valence-corrected chi connectivity index (χ2v) is 13.0. The van der Waals surface area contributed by atoms with Gasteiger partial charge in [-0.15, -0.1) is 0 Å². The lowest BCUT2D eigenvalue weighted by Gasteiger charge is -2.32. The summed E-state index contributed by atoms with van der Waals surface area (Å²) in [5.74, 6) is -0.00147. The molecule has 1 saturated heterocycles. The van der Waals surface area contributed by atoms with E-state index in [1.54, 1.807) is 29.2 Å². The molecule has 8 heteroatoms. The topological polar surface area (TPSA) is 86.8 Å². The van der Waals surface area contributed by atoms with Crippen LogP contribution in [-0.2, 0) is 39.0 Å². The van der Waals surface area contributed by atoms with Crippen LogP contribution in [0.4, 0.5) is 0 Å². The van der Waals surface area contributed by atoms with Gasteiger partial charge in [0.2, 0.25) is 21.8 Å². The number of carbonyl (C=O) groups excluding carboxylic acids is 2. The Morgan fingerprint density at radius 3 is 2.00 bits per heavy atom. The van der Waals surface area contributed by atoms with E-state index < -0.39 is 16.1 Å². The number of amides is 2. The molecule has 1 N–H and O–H groups in total. The van der Waals surface area contributed by atoms with Crippen molar-refractivity contribution in [2.24, 2.45) is 5.92 Å². The number of rotatable bonds is 13. The molecule has 7 nitrogen and oxygen atoms in total. The summed E-state index contributed by atoms with van der Waals surface area (Å²) in [6.07, 6.45) is 2.83. The zero-order valence-electron chi connectivity index (χ0n) is 24.0. The maximum absolute atomic E-state index is 13.8. The standard InChI is InChI=1S/C33H41N3O4S/c1-26(2)24-34-33(38)31(23-28-11-5-3-6-12-28)36(25-29-13-7-4-8-14-29)32(37)20-17-27-15-18-30(19-16-27)41(39,40)35-21-9-10-22-35/h3-8,11-16,18-19,26,31H,9-10,17,20-25H2,1-2H3,(H,34,38)/t31-/m0/s1. The Balaban J connectivity index is 1.53. The molecule has 2 amide bonds. The minimum atomic E-state index is -3.48. The van der Waals surface area contributed by atoms with Crippen molar-refractivity contribution in [3.8, 4) is 0 Å². The molecule has 0 aromatic heterocycles. The fraction of sp³-hybridized carbons (Fsp3) is 0.394. The quantitative estimate of drug-likeness (QED) is 0.317. The van der Waals surface area contributed by atoms with Crippen LogP contribution in [-0.4, -0.2) is 55.1 Å². The van der Waals surface area contributed by atoms with Gasteiger partial charge in [0, 0.05) is 39.0 Å². The fourth-order valence-corrected chi connectivity index (χ4v) is 6.57. The molecule has 1 aliphatic heterocycles. The zero-order chi connectivity index (χ0) is 29.2. The van der Waals surface area contributed by atoms with Crippen LogP contribution in [0.1, 0.15) is 49.8 Å². The van der Waals surface area contributed by atoms with Gasteiger partial charge in [-0.25, -0.2) is 8.42 Å². The number of hydrogen-bond donors (Lipinski definition) is 1. The summed E-state index contributed by atoms with van der Waals surface area (Å²) >= 11 is 0. The molecular formula is C33H41N3O4S. The number of sulfonamides is 1. The molecule has 1 heterocycles. The van der Waals surface area contributed by atoms with E-state index in [0.717, 1.165) is 29.5 Å². The Bertz CT molecular complexity index is 1370. The predicted molar refractivity (Wildman–Crippen MR) is 162 cm³/mol. The van der Waals surface area contributed by atoms with Gasteiger partial charge in [0.15, 0.2) is 0 Å². The van der Waals surface area contributed by atoms with Crippen LogP contribution in [0, 0.1) is 5.92 Å². The summed E-state index contributed by atoms with van der Waals surface area (Å²) < 4.78 is 27.3. The van der Waals surface area contributed by atoms with Crippen molar-refractivity contribution < 1.29 is 18.0 Å². The summed E-state index contributed by atoms with van der Waals surface area (Å²) in [5.41, 5.74) is 2.81. The number of benzene rings is 3. The monoisotopic (exact) mass is 575 g/mol. The van der Waals surface area contributed by atoms with E-state index in [4.69, 9.17) is 0 Å². The van der Waals surface area contributed by atoms with E-state index in [0.29, 0.717) is 39.0 Å². The lowest BCUT2D eigenvalue weighted by Crippen LogP contribution is -2.51. The highest BCUT2D eigenvalue weighted by Crippen LogP contribution is 2.22. The Kier molecular flexibility index (Phi) is 10.7. The molecule has 0 radical (unpaired) electrons. The van der Waals surface area contributed by atoms with Crippen molar-refractivity contribution in [1.82, 2.24) is 14.5 Å². The van der Waals surface area contributed by atoms with Crippen molar-refractivity contribution in [1.29, 1.82) is 0 Å². The highest BCUT2D eigenvalue weighted by molar-refractivity contribution is 7.89. The van der Waals surface area contributed by atoms with E-state index in [1.165, 1.54) is 4.31 Å². The minimum Gasteiger partial charge on any atom is -0.354 e. The molecule has 0 saturated carbocycles. The number of nitrogens with one attached hydrogen (secondary N) is 1. The molecule has 41 heavy (non-hydrogen) atoms. The van der Waals surface area contributed by atoms with Gasteiger partial charge in [-0.1, -0.05) is 86.6 Å². The highest BCUT2D eigenvalue weighted by atomic mass is 32.2. The van der Waals surface area contributed by atoms with Gasteiger partial charge in [0.05, 0.1) is 4.90 Å². The van der Waals surface area contributed by atoms with Crippen LogP contribution >= 0.6 is 0 Å². The summed E-state index contributed by atoms with van der Waals surface area (Å²) in [7, 11) is -3.48. The minimum absolute atomic E-state index is 0.122. The molecule has 218 valence electrons. The molecule has 4 rings (SSSR count). The first-order chi connectivity index (χ1) is 19.7. The van der Waals surface area contributed by atoms with Crippen molar-refractivity contribution >= 4 is 21.8 Å². The van der Waals surface area contributed by atoms with Crippen LogP contribution in [0.3, 0.4) is 0 Å². The summed E-state index contributed by atoms with van der Waals surface area (Å²) in [4.78, 5) is 29.4. The average Bonchev–Trinajstić information content (AvgIpc) is 3.54. The van der Waals surface area contributed by atoms with Gasteiger partial charge in [-0.2, -0.15) is 4.31 Å². The molecule has 1 atom stereocenters. The second kappa shape index (κ2) is 14.4. The fourth-order valence-electron chi connectivity index (χ4n) is 5.06. The molecule has 1 aliphatic rings. The lowest BCUT2D eigenvalue weighted by atomic mass is 10.0. The molecule has 0 bridgehead atoms. The SMILES string of the molecule is CC(C)CNC(=O)[C@H](Cc1ccccc1)N(Cc1ccccc1)C(=O)CCc1ccc(S(=O)(=O)N2CCCC2)cc1. The largest absolute Gasteiger partial charge is 0.354 e. The predicted octanol–water partition coefficient (Wildman–Crippen LogP) is 4.82. The summed E-state index contributed by atoms with van der Waals surface area (Å²) in [6.45, 7) is 6.06. The molecule has 0 unspecified atom stereocenters. The lowest BCUT2D eigenvalue weighted by molar-refractivity contribution is -0.141. The van der Waals surface area contributed by atoms with E-state index >= 15 is 0 Å². The van der Waals surface area contributed by atoms with E-state index in [9.17, 15) is 18.0 Å². The van der Waals surface area contributed by atoms with Crippen molar-refractivity contribution in [2.75, 3.05) is 19.6 Å². The zero-order valence-corrected chi connectivity index (χ0v) is 24.9. The Labute approximate surface area is 244 Å². The van der Waals surface area contributed by atoms with Gasteiger partial charge < -0.3 is 10.2 Å². The first-order valence-electron chi connectivity index (χ1n) is 14.5. The molecule has 0 aliphatic carbocycles. The van der Waals surface area contributed by atoms with Crippen molar-refractivity contribution in [3.05, 3.63) is 102 Å². The van der Waals surface area contributed by atoms with Crippen LogP contribution in [0.5, 0.6) is 0 Å². The first-order valence-corrected chi connectivity index (χ1v) is 15.9. The van der Waals surface area contributed by atoms with Gasteiger partial charge in [0.25, 0.3) is 0 Å². The Morgan fingerprint density at radius 2 is 1.41 bits per heavy atom. The number of hydrogen-bond acceptors (Lipinski definition) is 4. The van der Waals surface area contributed by atoms with Gasteiger partial charge in [-0.3, -0.25) is 9.59 Å². The van der Waals surface area contributed by atoms with E-state index in [-0.39, 0.29) is 29.0 Å². The van der Waals surface area contributed by atoms with E-state index in [2.05, 4.69) is 5.32 Å². The molecule has 3 aromatic carbocycles. The van der Waals surface area contributed by atoms with Crippen molar-refractivity contribution in [2.45, 2.75) is 63.4 Å². The normalized spacial score (nSPS) is 14.6. The van der Waals surface area contributed by atoms with E-state index in [1.807, 2.05) is 74.5 Å². The highest BCUT2D eigenvalue weighted by Gasteiger charge is 2.30. The maximum Gasteiger partial charge on any atom is 0.243 e. The summed E-state index contributed by atoms with van der Waals surface area (Å²) in [6, 6.07) is 25.7. The molecular weight excluding hydrogens is 534 g/mol. The van der Waals surface area contributed by atoms with Gasteiger partial charge >= 0.3 is 0 Å². The third kappa shape index (κ3) is 8.50. The maximum atomic E-state index is 13.8.